The van der Waals surface area contributed by atoms with Gasteiger partial charge in [0.05, 0.1) is 24.4 Å². The van der Waals surface area contributed by atoms with E-state index in [2.05, 4.69) is 59.0 Å². The van der Waals surface area contributed by atoms with Crippen LogP contribution < -0.4 is 5.32 Å². The van der Waals surface area contributed by atoms with Crippen LogP contribution in [0.15, 0.2) is 60.8 Å². The third kappa shape index (κ3) is 4.39. The second kappa shape index (κ2) is 9.53. The van der Waals surface area contributed by atoms with Gasteiger partial charge in [-0.1, -0.05) is 36.4 Å². The first-order chi connectivity index (χ1) is 15.5. The summed E-state index contributed by atoms with van der Waals surface area (Å²) in [6.45, 7) is 7.28. The zero-order valence-corrected chi connectivity index (χ0v) is 19.4. The van der Waals surface area contributed by atoms with Crippen molar-refractivity contribution >= 4 is 23.3 Å². The summed E-state index contributed by atoms with van der Waals surface area (Å²) in [5.74, 6) is -0.290. The summed E-state index contributed by atoms with van der Waals surface area (Å²) in [5, 5.41) is 3.93. The van der Waals surface area contributed by atoms with E-state index in [4.69, 9.17) is 17.0 Å². The molecule has 0 amide bonds. The van der Waals surface area contributed by atoms with E-state index in [1.807, 2.05) is 36.1 Å². The van der Waals surface area contributed by atoms with Crippen molar-refractivity contribution in [2.24, 2.45) is 0 Å². The minimum absolute atomic E-state index is 0.0933. The van der Waals surface area contributed by atoms with Crippen molar-refractivity contribution in [1.29, 1.82) is 0 Å². The van der Waals surface area contributed by atoms with Gasteiger partial charge < -0.3 is 19.5 Å². The fourth-order valence-electron chi connectivity index (χ4n) is 4.40. The fraction of sp³-hybridized carbons (Fsp3) is 0.320. The summed E-state index contributed by atoms with van der Waals surface area (Å²) in [6.07, 6.45) is 1.78. The second-order valence-electron chi connectivity index (χ2n) is 7.96. The maximum Gasteiger partial charge on any atom is 0.325 e. The van der Waals surface area contributed by atoms with E-state index in [0.717, 1.165) is 29.2 Å². The molecule has 0 aliphatic carbocycles. The maximum atomic E-state index is 12.4. The van der Waals surface area contributed by atoms with E-state index in [0.29, 0.717) is 11.7 Å². The molecule has 7 heteroatoms. The van der Waals surface area contributed by atoms with Gasteiger partial charge in [0, 0.05) is 24.1 Å². The van der Waals surface area contributed by atoms with E-state index in [-0.39, 0.29) is 24.6 Å². The van der Waals surface area contributed by atoms with Crippen LogP contribution in [0.1, 0.15) is 47.2 Å². The molecular weight excluding hydrogens is 420 g/mol. The molecule has 2 aromatic heterocycles. The molecule has 2 atom stereocenters. The van der Waals surface area contributed by atoms with Crippen LogP contribution in [0, 0.1) is 13.8 Å². The first-order valence-electron chi connectivity index (χ1n) is 10.8. The third-order valence-corrected chi connectivity index (χ3v) is 6.27. The summed E-state index contributed by atoms with van der Waals surface area (Å²) >= 11 is 5.66. The molecule has 3 heterocycles. The van der Waals surface area contributed by atoms with Crippen molar-refractivity contribution < 1.29 is 9.53 Å². The lowest BCUT2D eigenvalue weighted by atomic mass is 9.97. The van der Waals surface area contributed by atoms with Crippen LogP contribution in [-0.2, 0) is 16.1 Å². The highest BCUT2D eigenvalue weighted by atomic mass is 32.1. The quantitative estimate of drug-likeness (QED) is 0.434. The molecule has 166 valence electrons. The first-order valence-corrected chi connectivity index (χ1v) is 11.2. The van der Waals surface area contributed by atoms with Crippen LogP contribution in [0.5, 0.6) is 0 Å². The predicted octanol–water partition coefficient (Wildman–Crippen LogP) is 4.08. The Morgan fingerprint density at radius 1 is 1.16 bits per heavy atom. The number of rotatable bonds is 7. The van der Waals surface area contributed by atoms with Crippen molar-refractivity contribution in [2.45, 2.75) is 39.4 Å². The van der Waals surface area contributed by atoms with Crippen molar-refractivity contribution in [2.75, 3.05) is 13.2 Å². The Balaban J connectivity index is 1.74. The standard InChI is InChI=1S/C25H28N4O2S/c1-4-31-22(30)16-29-24(23(27-25(29)32)21-12-8-9-13-26-21)20-14-17(2)28(18(20)3)15-19-10-6-5-7-11-19/h5-14,23-24H,4,15-16H2,1-3H3,(H,27,32)/t23-,24+/m0/s1. The molecule has 6 nitrogen and oxygen atoms in total. The molecule has 32 heavy (non-hydrogen) atoms. The SMILES string of the molecule is CCOC(=O)CN1C(=S)N[C@@H](c2ccccn2)[C@H]1c1cc(C)n(Cc2ccccc2)c1C. The van der Waals surface area contributed by atoms with Crippen molar-refractivity contribution in [3.8, 4) is 0 Å². The summed E-state index contributed by atoms with van der Waals surface area (Å²) in [4.78, 5) is 18.9. The lowest BCUT2D eigenvalue weighted by Crippen LogP contribution is -2.35. The molecular formula is C25H28N4O2S. The van der Waals surface area contributed by atoms with Crippen molar-refractivity contribution in [3.63, 3.8) is 0 Å². The minimum atomic E-state index is -0.290. The largest absolute Gasteiger partial charge is 0.465 e. The number of hydrogen-bond acceptors (Lipinski definition) is 4. The van der Waals surface area contributed by atoms with Gasteiger partial charge in [0.1, 0.15) is 6.54 Å². The van der Waals surface area contributed by atoms with Crippen LogP contribution in [-0.4, -0.2) is 38.7 Å². The van der Waals surface area contributed by atoms with Gasteiger partial charge in [-0.2, -0.15) is 0 Å². The number of carbonyl (C=O) groups is 1. The number of aromatic nitrogens is 2. The highest BCUT2D eigenvalue weighted by molar-refractivity contribution is 7.80. The number of benzene rings is 1. The fourth-order valence-corrected chi connectivity index (χ4v) is 4.70. The van der Waals surface area contributed by atoms with Crippen LogP contribution in [0.3, 0.4) is 0 Å². The Bertz CT molecular complexity index is 1100. The molecule has 1 N–H and O–H groups in total. The summed E-state index contributed by atoms with van der Waals surface area (Å²) < 4.78 is 7.54. The van der Waals surface area contributed by atoms with Crippen LogP contribution in [0.2, 0.25) is 0 Å². The van der Waals surface area contributed by atoms with Crippen molar-refractivity contribution in [3.05, 3.63) is 89.0 Å². The normalized spacial score (nSPS) is 18.0. The van der Waals surface area contributed by atoms with Crippen LogP contribution >= 0.6 is 12.2 Å². The van der Waals surface area contributed by atoms with E-state index in [1.54, 1.807) is 6.20 Å². The van der Waals surface area contributed by atoms with E-state index < -0.39 is 0 Å². The number of nitrogens with zero attached hydrogens (tertiary/aromatic N) is 3. The van der Waals surface area contributed by atoms with Gasteiger partial charge in [-0.05, 0) is 62.3 Å². The average molecular weight is 449 g/mol. The molecule has 0 unspecified atom stereocenters. The van der Waals surface area contributed by atoms with E-state index >= 15 is 0 Å². The molecule has 0 saturated carbocycles. The molecule has 1 aliphatic heterocycles. The highest BCUT2D eigenvalue weighted by Gasteiger charge is 2.42. The van der Waals surface area contributed by atoms with Gasteiger partial charge in [-0.3, -0.25) is 9.78 Å². The second-order valence-corrected chi connectivity index (χ2v) is 8.34. The smallest absolute Gasteiger partial charge is 0.325 e. The number of pyridine rings is 1. The minimum Gasteiger partial charge on any atom is -0.465 e. The highest BCUT2D eigenvalue weighted by Crippen LogP contribution is 2.40. The zero-order valence-electron chi connectivity index (χ0n) is 18.6. The zero-order chi connectivity index (χ0) is 22.7. The molecule has 1 aliphatic rings. The topological polar surface area (TPSA) is 59.4 Å². The molecule has 4 rings (SSSR count). The first kappa shape index (κ1) is 22.0. The Hall–Kier alpha value is -3.19. The molecule has 1 saturated heterocycles. The molecule has 1 aromatic carbocycles. The maximum absolute atomic E-state index is 12.4. The third-order valence-electron chi connectivity index (χ3n) is 5.92. The average Bonchev–Trinajstić information content (AvgIpc) is 3.26. The summed E-state index contributed by atoms with van der Waals surface area (Å²) in [6, 6.07) is 18.1. The number of esters is 1. The van der Waals surface area contributed by atoms with Crippen molar-refractivity contribution in [1.82, 2.24) is 19.8 Å². The molecule has 0 bridgehead atoms. The van der Waals surface area contributed by atoms with Gasteiger partial charge >= 0.3 is 5.97 Å². The van der Waals surface area contributed by atoms with E-state index in [9.17, 15) is 4.79 Å². The van der Waals surface area contributed by atoms with Gasteiger partial charge in [0.25, 0.3) is 0 Å². The molecule has 3 aromatic rings. The Morgan fingerprint density at radius 3 is 2.59 bits per heavy atom. The van der Waals surface area contributed by atoms with Gasteiger partial charge in [-0.25, -0.2) is 0 Å². The lowest BCUT2D eigenvalue weighted by molar-refractivity contribution is -0.143. The van der Waals surface area contributed by atoms with Crippen LogP contribution in [0.4, 0.5) is 0 Å². The molecule has 0 radical (unpaired) electrons. The van der Waals surface area contributed by atoms with Gasteiger partial charge in [0.2, 0.25) is 0 Å². The lowest BCUT2D eigenvalue weighted by Gasteiger charge is -2.27. The van der Waals surface area contributed by atoms with E-state index in [1.165, 1.54) is 5.56 Å². The number of aryl methyl sites for hydroxylation is 1. The summed E-state index contributed by atoms with van der Waals surface area (Å²) in [7, 11) is 0. The number of ether oxygens (including phenoxy) is 1. The van der Waals surface area contributed by atoms with Gasteiger partial charge in [0.15, 0.2) is 5.11 Å². The number of carbonyl (C=O) groups excluding carboxylic acids is 1. The Kier molecular flexibility index (Phi) is 6.55. The number of nitrogens with one attached hydrogen (secondary N) is 1. The summed E-state index contributed by atoms with van der Waals surface area (Å²) in [5.41, 5.74) is 5.57. The Morgan fingerprint density at radius 2 is 1.91 bits per heavy atom. The van der Waals surface area contributed by atoms with Gasteiger partial charge in [-0.15, -0.1) is 0 Å². The molecule has 1 fully saturated rings. The Labute approximate surface area is 194 Å². The number of thiocarbonyl (C=S) groups is 1. The predicted molar refractivity (Wildman–Crippen MR) is 128 cm³/mol. The number of hydrogen-bond donors (Lipinski definition) is 1. The monoisotopic (exact) mass is 448 g/mol. The van der Waals surface area contributed by atoms with Crippen LogP contribution in [0.25, 0.3) is 0 Å². The molecule has 0 spiro atoms.